The van der Waals surface area contributed by atoms with Gasteiger partial charge in [0.2, 0.25) is 5.91 Å². The van der Waals surface area contributed by atoms with E-state index in [0.717, 1.165) is 25.9 Å². The zero-order chi connectivity index (χ0) is 14.8. The van der Waals surface area contributed by atoms with E-state index in [2.05, 4.69) is 9.71 Å². The maximum atomic E-state index is 12.1. The van der Waals surface area contributed by atoms with Crippen molar-refractivity contribution in [2.75, 3.05) is 25.4 Å². The van der Waals surface area contributed by atoms with E-state index in [1.807, 2.05) is 0 Å². The molecule has 0 unspecified atom stereocenters. The van der Waals surface area contributed by atoms with Gasteiger partial charge in [-0.3, -0.25) is 4.79 Å². The van der Waals surface area contributed by atoms with Gasteiger partial charge < -0.3 is 15.2 Å². The summed E-state index contributed by atoms with van der Waals surface area (Å²) in [6.07, 6.45) is 3.52. The van der Waals surface area contributed by atoms with Gasteiger partial charge in [0.05, 0.1) is 6.33 Å². The van der Waals surface area contributed by atoms with Gasteiger partial charge in [0.15, 0.2) is 10.8 Å². The van der Waals surface area contributed by atoms with Crippen LogP contribution in [0, 0.1) is 0 Å². The van der Waals surface area contributed by atoms with E-state index in [1.165, 1.54) is 10.9 Å². The van der Waals surface area contributed by atoms with Crippen LogP contribution in [0.5, 0.6) is 0 Å². The number of nitrogens with zero attached hydrogens (tertiary/aromatic N) is 3. The Morgan fingerprint density at radius 3 is 2.65 bits per heavy atom. The highest BCUT2D eigenvalue weighted by atomic mass is 32.2. The van der Waals surface area contributed by atoms with Crippen LogP contribution in [0.4, 0.5) is 5.82 Å². The van der Waals surface area contributed by atoms with Crippen LogP contribution in [0.15, 0.2) is 11.4 Å². The van der Waals surface area contributed by atoms with Crippen LogP contribution < -0.4 is 10.5 Å². The second-order valence-electron chi connectivity index (χ2n) is 4.78. The van der Waals surface area contributed by atoms with Crippen LogP contribution in [-0.4, -0.2) is 48.4 Å². The molecule has 0 aromatic carbocycles. The minimum Gasteiger partial charge on any atom is -0.381 e. The van der Waals surface area contributed by atoms with Crippen LogP contribution in [0.3, 0.4) is 0 Å². The minimum atomic E-state index is -3.74. The van der Waals surface area contributed by atoms with Gasteiger partial charge in [-0.05, 0) is 12.8 Å². The van der Waals surface area contributed by atoms with E-state index < -0.39 is 10.0 Å². The van der Waals surface area contributed by atoms with E-state index in [4.69, 9.17) is 5.73 Å². The molecular weight excluding hydrogens is 282 g/mol. The fourth-order valence-corrected chi connectivity index (χ4v) is 3.51. The molecular formula is C11H19N5O3S. The van der Waals surface area contributed by atoms with Crippen molar-refractivity contribution in [3.05, 3.63) is 6.33 Å². The smallest absolute Gasteiger partial charge is 0.260 e. The summed E-state index contributed by atoms with van der Waals surface area (Å²) in [6.45, 7) is 1.59. The molecule has 1 amide bonds. The highest BCUT2D eigenvalue weighted by Gasteiger charge is 2.23. The Labute approximate surface area is 118 Å². The van der Waals surface area contributed by atoms with Gasteiger partial charge in [-0.25, -0.2) is 18.1 Å². The quantitative estimate of drug-likeness (QED) is 0.746. The van der Waals surface area contributed by atoms with Crippen molar-refractivity contribution in [3.63, 3.8) is 0 Å². The lowest BCUT2D eigenvalue weighted by Crippen LogP contribution is -2.33. The summed E-state index contributed by atoms with van der Waals surface area (Å²) in [7, 11) is -2.19. The number of aryl methyl sites for hydroxylation is 1. The maximum absolute atomic E-state index is 12.1. The van der Waals surface area contributed by atoms with Gasteiger partial charge in [-0.15, -0.1) is 0 Å². The number of rotatable bonds is 5. The summed E-state index contributed by atoms with van der Waals surface area (Å²) in [6, 6.07) is 0. The molecule has 1 fully saturated rings. The molecule has 0 radical (unpaired) electrons. The first-order chi connectivity index (χ1) is 9.42. The Morgan fingerprint density at radius 2 is 2.10 bits per heavy atom. The molecule has 0 bridgehead atoms. The molecule has 1 aromatic rings. The van der Waals surface area contributed by atoms with Crippen LogP contribution in [-0.2, 0) is 21.9 Å². The number of likely N-dealkylation sites (tertiary alicyclic amines) is 1. The van der Waals surface area contributed by atoms with Crippen molar-refractivity contribution < 1.29 is 13.2 Å². The van der Waals surface area contributed by atoms with Crippen molar-refractivity contribution >= 4 is 21.7 Å². The molecule has 1 aliphatic heterocycles. The molecule has 0 spiro atoms. The first-order valence-electron chi connectivity index (χ1n) is 6.46. The summed E-state index contributed by atoms with van der Waals surface area (Å²) in [5, 5.41) is -0.0777. The van der Waals surface area contributed by atoms with Crippen molar-refractivity contribution in [2.45, 2.75) is 24.3 Å². The Bertz CT molecular complexity index is 570. The molecule has 8 nitrogen and oxygen atoms in total. The first-order valence-corrected chi connectivity index (χ1v) is 7.94. The molecule has 0 atom stereocenters. The molecule has 112 valence electrons. The number of hydrogen-bond acceptors (Lipinski definition) is 5. The SMILES string of the molecule is Cn1cnc(N)c1S(=O)(=O)NCCC(=O)N1CCCC1. The molecule has 1 aliphatic rings. The normalized spacial score (nSPS) is 15.8. The minimum absolute atomic E-state index is 0.0248. The van der Waals surface area contributed by atoms with Gasteiger partial charge in [0.25, 0.3) is 10.0 Å². The maximum Gasteiger partial charge on any atom is 0.260 e. The lowest BCUT2D eigenvalue weighted by atomic mass is 10.4. The van der Waals surface area contributed by atoms with E-state index in [1.54, 1.807) is 11.9 Å². The molecule has 1 saturated heterocycles. The van der Waals surface area contributed by atoms with Crippen molar-refractivity contribution in [3.8, 4) is 0 Å². The van der Waals surface area contributed by atoms with E-state index in [0.29, 0.717) is 0 Å². The Kier molecular flexibility index (Phi) is 4.29. The summed E-state index contributed by atoms with van der Waals surface area (Å²) < 4.78 is 27.8. The topological polar surface area (TPSA) is 110 Å². The summed E-state index contributed by atoms with van der Waals surface area (Å²) in [5.41, 5.74) is 5.53. The number of hydrogen-bond donors (Lipinski definition) is 2. The Morgan fingerprint density at radius 1 is 1.45 bits per heavy atom. The second-order valence-corrected chi connectivity index (χ2v) is 6.46. The predicted molar refractivity (Wildman–Crippen MR) is 73.2 cm³/mol. The van der Waals surface area contributed by atoms with Crippen molar-refractivity contribution in [2.24, 2.45) is 7.05 Å². The number of anilines is 1. The number of sulfonamides is 1. The average molecular weight is 301 g/mol. The van der Waals surface area contributed by atoms with Crippen LogP contribution in [0.2, 0.25) is 0 Å². The number of nitrogen functional groups attached to an aromatic ring is 1. The third-order valence-corrected chi connectivity index (χ3v) is 4.84. The molecule has 0 aliphatic carbocycles. The molecule has 3 N–H and O–H groups in total. The van der Waals surface area contributed by atoms with Gasteiger partial charge in [0.1, 0.15) is 0 Å². The molecule has 2 heterocycles. The zero-order valence-corrected chi connectivity index (χ0v) is 12.2. The van der Waals surface area contributed by atoms with Crippen molar-refractivity contribution in [1.82, 2.24) is 19.2 Å². The van der Waals surface area contributed by atoms with Gasteiger partial charge in [-0.2, -0.15) is 0 Å². The molecule has 2 rings (SSSR count). The zero-order valence-electron chi connectivity index (χ0n) is 11.4. The second kappa shape index (κ2) is 5.80. The lowest BCUT2D eigenvalue weighted by Gasteiger charge is -2.15. The summed E-state index contributed by atoms with van der Waals surface area (Å²) in [4.78, 5) is 17.3. The number of carbonyl (C=O) groups excluding carboxylic acids is 1. The number of carbonyl (C=O) groups is 1. The van der Waals surface area contributed by atoms with Crippen LogP contribution in [0.1, 0.15) is 19.3 Å². The molecule has 20 heavy (non-hydrogen) atoms. The third kappa shape index (κ3) is 3.10. The number of nitrogens with two attached hydrogens (primary N) is 1. The summed E-state index contributed by atoms with van der Waals surface area (Å²) >= 11 is 0. The standard InChI is InChI=1S/C11H19N5O3S/c1-15-8-13-10(12)11(15)20(18,19)14-5-4-9(17)16-6-2-3-7-16/h8,14H,2-7,12H2,1H3. The number of amides is 1. The van der Waals surface area contributed by atoms with E-state index in [-0.39, 0.29) is 29.7 Å². The van der Waals surface area contributed by atoms with Crippen LogP contribution in [0.25, 0.3) is 0 Å². The highest BCUT2D eigenvalue weighted by Crippen LogP contribution is 2.15. The fourth-order valence-electron chi connectivity index (χ4n) is 2.25. The molecule has 1 aromatic heterocycles. The van der Waals surface area contributed by atoms with Crippen molar-refractivity contribution in [1.29, 1.82) is 0 Å². The van der Waals surface area contributed by atoms with Gasteiger partial charge in [0, 0.05) is 33.1 Å². The summed E-state index contributed by atoms with van der Waals surface area (Å²) in [5.74, 6) is -0.0750. The Hall–Kier alpha value is -1.61. The van der Waals surface area contributed by atoms with Gasteiger partial charge in [-0.1, -0.05) is 0 Å². The van der Waals surface area contributed by atoms with E-state index in [9.17, 15) is 13.2 Å². The number of nitrogens with one attached hydrogen (secondary N) is 1. The largest absolute Gasteiger partial charge is 0.381 e. The third-order valence-electron chi connectivity index (χ3n) is 3.25. The fraction of sp³-hybridized carbons (Fsp3) is 0.636. The number of imidazole rings is 1. The van der Waals surface area contributed by atoms with E-state index >= 15 is 0 Å². The van der Waals surface area contributed by atoms with Gasteiger partial charge >= 0.3 is 0 Å². The first kappa shape index (κ1) is 14.8. The Balaban J connectivity index is 1.91. The predicted octanol–water partition coefficient (Wildman–Crippen LogP) is -0.707. The monoisotopic (exact) mass is 301 g/mol. The average Bonchev–Trinajstić information content (AvgIpc) is 2.99. The number of aromatic nitrogens is 2. The lowest BCUT2D eigenvalue weighted by molar-refractivity contribution is -0.129. The van der Waals surface area contributed by atoms with Crippen LogP contribution >= 0.6 is 0 Å². The molecule has 0 saturated carbocycles. The highest BCUT2D eigenvalue weighted by molar-refractivity contribution is 7.89. The molecule has 9 heteroatoms.